The van der Waals surface area contributed by atoms with E-state index in [0.717, 1.165) is 0 Å². The number of azo groups is 1. The van der Waals surface area contributed by atoms with Gasteiger partial charge in [-0.3, -0.25) is 9.59 Å². The fraction of sp³-hybridized carbons (Fsp3) is 0.364. The predicted molar refractivity (Wildman–Crippen MR) is 126 cm³/mol. The molecule has 11 heteroatoms. The lowest BCUT2D eigenvalue weighted by atomic mass is 10.2. The lowest BCUT2D eigenvalue weighted by Crippen LogP contribution is -2.32. The molecule has 0 fully saturated rings. The van der Waals surface area contributed by atoms with Gasteiger partial charge < -0.3 is 24.3 Å². The van der Waals surface area contributed by atoms with E-state index in [1.165, 1.54) is 21.1 Å². The molecule has 0 radical (unpaired) electrons. The molecule has 0 spiro atoms. The Balaban J connectivity index is 2.38. The monoisotopic (exact) mass is 497 g/mol. The maximum atomic E-state index is 12.9. The summed E-state index contributed by atoms with van der Waals surface area (Å²) in [5, 5.41) is 10.9. The molecular formula is C22H25Cl2N3O6. The zero-order valence-electron chi connectivity index (χ0n) is 18.9. The predicted octanol–water partition coefficient (Wildman–Crippen LogP) is 5.49. The Kier molecular flexibility index (Phi) is 9.74. The molecule has 2 rings (SSSR count). The van der Waals surface area contributed by atoms with Crippen LogP contribution in [0, 0.1) is 0 Å². The SMILES string of the molecule is CCOc1ccc(N=NC(C(C)=O)C(=O)Nc2c(OC)ccc(Cl)c2OC)c(Cl)c1OCC. The maximum Gasteiger partial charge on any atom is 0.259 e. The number of carbonyl (C=O) groups excluding carboxylic acids is 2. The smallest absolute Gasteiger partial charge is 0.259 e. The van der Waals surface area contributed by atoms with Gasteiger partial charge in [0, 0.05) is 0 Å². The van der Waals surface area contributed by atoms with Gasteiger partial charge in [0.25, 0.3) is 5.91 Å². The molecule has 0 aliphatic carbocycles. The number of ketones is 1. The van der Waals surface area contributed by atoms with Crippen LogP contribution in [0.25, 0.3) is 0 Å². The van der Waals surface area contributed by atoms with E-state index >= 15 is 0 Å². The number of hydrogen-bond donors (Lipinski definition) is 1. The number of amides is 1. The summed E-state index contributed by atoms with van der Waals surface area (Å²) in [7, 11) is 2.81. The molecule has 0 saturated carbocycles. The fourth-order valence-electron chi connectivity index (χ4n) is 2.81. The van der Waals surface area contributed by atoms with Crippen molar-refractivity contribution < 1.29 is 28.5 Å². The number of benzene rings is 2. The number of hydrogen-bond acceptors (Lipinski definition) is 8. The maximum absolute atomic E-state index is 12.9. The highest BCUT2D eigenvalue weighted by Gasteiger charge is 2.27. The summed E-state index contributed by atoms with van der Waals surface area (Å²) >= 11 is 12.5. The molecule has 1 N–H and O–H groups in total. The van der Waals surface area contributed by atoms with Crippen molar-refractivity contribution >= 4 is 46.3 Å². The third-order valence-corrected chi connectivity index (χ3v) is 4.95. The van der Waals surface area contributed by atoms with E-state index in [1.807, 2.05) is 6.92 Å². The van der Waals surface area contributed by atoms with E-state index in [-0.39, 0.29) is 27.2 Å². The van der Waals surface area contributed by atoms with Crippen LogP contribution < -0.4 is 24.3 Å². The number of anilines is 1. The largest absolute Gasteiger partial charge is 0.494 e. The highest BCUT2D eigenvalue weighted by Crippen LogP contribution is 2.42. The van der Waals surface area contributed by atoms with Crippen LogP contribution >= 0.6 is 23.2 Å². The molecule has 0 aliphatic heterocycles. The van der Waals surface area contributed by atoms with Crippen LogP contribution in [0.4, 0.5) is 11.4 Å². The molecule has 178 valence electrons. The Morgan fingerprint density at radius 1 is 0.970 bits per heavy atom. The number of rotatable bonds is 11. The minimum Gasteiger partial charge on any atom is -0.494 e. The Morgan fingerprint density at radius 3 is 2.21 bits per heavy atom. The van der Waals surface area contributed by atoms with Crippen molar-refractivity contribution in [3.05, 3.63) is 34.3 Å². The van der Waals surface area contributed by atoms with Crippen molar-refractivity contribution in [1.82, 2.24) is 0 Å². The number of halogens is 2. The molecule has 0 bridgehead atoms. The van der Waals surface area contributed by atoms with Crippen molar-refractivity contribution in [2.24, 2.45) is 10.2 Å². The van der Waals surface area contributed by atoms with Gasteiger partial charge in [0.05, 0.1) is 32.5 Å². The van der Waals surface area contributed by atoms with E-state index in [9.17, 15) is 9.59 Å². The highest BCUT2D eigenvalue weighted by molar-refractivity contribution is 6.34. The van der Waals surface area contributed by atoms with E-state index in [1.54, 1.807) is 31.2 Å². The summed E-state index contributed by atoms with van der Waals surface area (Å²) in [6, 6.07) is 4.83. The van der Waals surface area contributed by atoms with Crippen LogP contribution in [0.1, 0.15) is 20.8 Å². The van der Waals surface area contributed by atoms with Gasteiger partial charge >= 0.3 is 0 Å². The number of nitrogens with one attached hydrogen (secondary N) is 1. The second-order valence-electron chi connectivity index (χ2n) is 6.47. The van der Waals surface area contributed by atoms with Crippen LogP contribution in [0.2, 0.25) is 10.0 Å². The molecule has 1 unspecified atom stereocenters. The van der Waals surface area contributed by atoms with Gasteiger partial charge in [0.15, 0.2) is 23.0 Å². The second-order valence-corrected chi connectivity index (χ2v) is 7.25. The molecule has 1 atom stereocenters. The zero-order chi connectivity index (χ0) is 24.5. The summed E-state index contributed by atoms with van der Waals surface area (Å²) < 4.78 is 21.6. The van der Waals surface area contributed by atoms with Gasteiger partial charge in [0.2, 0.25) is 6.04 Å². The minimum atomic E-state index is -1.46. The number of nitrogens with zero attached hydrogens (tertiary/aromatic N) is 2. The van der Waals surface area contributed by atoms with Crippen molar-refractivity contribution in [3.63, 3.8) is 0 Å². The summed E-state index contributed by atoms with van der Waals surface area (Å²) in [5.74, 6) is -0.0706. The molecule has 0 saturated heterocycles. The Hall–Kier alpha value is -3.04. The topological polar surface area (TPSA) is 108 Å². The Morgan fingerprint density at radius 2 is 1.64 bits per heavy atom. The van der Waals surface area contributed by atoms with Gasteiger partial charge in [-0.15, -0.1) is 0 Å². The molecule has 2 aromatic rings. The van der Waals surface area contributed by atoms with Crippen LogP contribution in [0.5, 0.6) is 23.0 Å². The highest BCUT2D eigenvalue weighted by atomic mass is 35.5. The molecule has 33 heavy (non-hydrogen) atoms. The van der Waals surface area contributed by atoms with Crippen LogP contribution in [0.15, 0.2) is 34.5 Å². The summed E-state index contributed by atoms with van der Waals surface area (Å²) in [4.78, 5) is 25.1. The normalized spacial score (nSPS) is 11.7. The van der Waals surface area contributed by atoms with Gasteiger partial charge in [-0.1, -0.05) is 23.2 Å². The summed E-state index contributed by atoms with van der Waals surface area (Å²) in [5.41, 5.74) is 0.372. The number of carbonyl (C=O) groups is 2. The quantitative estimate of drug-likeness (QED) is 0.324. The summed E-state index contributed by atoms with van der Waals surface area (Å²) in [6.07, 6.45) is 0. The summed E-state index contributed by atoms with van der Waals surface area (Å²) in [6.45, 7) is 5.62. The van der Waals surface area contributed by atoms with E-state index in [4.69, 9.17) is 42.1 Å². The van der Waals surface area contributed by atoms with Crippen molar-refractivity contribution in [2.75, 3.05) is 32.8 Å². The van der Waals surface area contributed by atoms with Gasteiger partial charge in [-0.25, -0.2) is 0 Å². The first kappa shape index (κ1) is 26.2. The number of methoxy groups -OCH3 is 2. The molecule has 9 nitrogen and oxygen atoms in total. The molecule has 0 aromatic heterocycles. The first-order chi connectivity index (χ1) is 15.8. The van der Waals surface area contributed by atoms with Crippen molar-refractivity contribution in [2.45, 2.75) is 26.8 Å². The first-order valence-corrected chi connectivity index (χ1v) is 10.7. The molecular weight excluding hydrogens is 473 g/mol. The second kappa shape index (κ2) is 12.3. The fourth-order valence-corrected chi connectivity index (χ4v) is 3.29. The molecule has 1 amide bonds. The standard InChI is InChI=1S/C22H25Cl2N3O6/c1-6-32-16-11-9-14(17(24)21(16)33-7-2)26-27-18(12(3)28)22(29)25-19-15(30-4)10-8-13(23)20(19)31-5/h8-11,18H,6-7H2,1-5H3,(H,25,29). The van der Waals surface area contributed by atoms with Gasteiger partial charge in [-0.05, 0) is 45.0 Å². The van der Waals surface area contributed by atoms with Gasteiger partial charge in [-0.2, -0.15) is 10.2 Å². The van der Waals surface area contributed by atoms with E-state index in [2.05, 4.69) is 15.5 Å². The third-order valence-electron chi connectivity index (χ3n) is 4.29. The number of ether oxygens (including phenoxy) is 4. The lowest BCUT2D eigenvalue weighted by molar-refractivity contribution is -0.126. The van der Waals surface area contributed by atoms with Crippen molar-refractivity contribution in [1.29, 1.82) is 0 Å². The zero-order valence-corrected chi connectivity index (χ0v) is 20.4. The number of Topliss-reactive ketones (excluding diaryl/α,β-unsaturated/α-hetero) is 1. The van der Waals surface area contributed by atoms with Crippen LogP contribution in [-0.4, -0.2) is 45.2 Å². The average molecular weight is 498 g/mol. The first-order valence-electron chi connectivity index (χ1n) is 9.99. The molecule has 2 aromatic carbocycles. The van der Waals surface area contributed by atoms with Crippen molar-refractivity contribution in [3.8, 4) is 23.0 Å². The van der Waals surface area contributed by atoms with Crippen LogP contribution in [0.3, 0.4) is 0 Å². The average Bonchev–Trinajstić information content (AvgIpc) is 2.78. The third kappa shape index (κ3) is 6.27. The Labute approximate surface area is 202 Å². The lowest BCUT2D eigenvalue weighted by Gasteiger charge is -2.16. The van der Waals surface area contributed by atoms with Gasteiger partial charge in [0.1, 0.15) is 22.1 Å². The van der Waals surface area contributed by atoms with E-state index < -0.39 is 17.7 Å². The molecule has 0 heterocycles. The molecule has 0 aliphatic rings. The Bertz CT molecular complexity index is 1050. The van der Waals surface area contributed by atoms with E-state index in [0.29, 0.717) is 30.5 Å². The van der Waals surface area contributed by atoms with Crippen LogP contribution in [-0.2, 0) is 9.59 Å². The minimum absolute atomic E-state index is 0.146.